The van der Waals surface area contributed by atoms with Crippen LogP contribution >= 0.6 is 0 Å². The van der Waals surface area contributed by atoms with Gasteiger partial charge in [-0.05, 0) is 69.9 Å². The number of sulfonamides is 1. The molecule has 8 heteroatoms. The topological polar surface area (TPSA) is 90.0 Å². The number of nitrogens with zero attached hydrogens (tertiary/aromatic N) is 1. The summed E-state index contributed by atoms with van der Waals surface area (Å²) in [5, 5.41) is 0. The van der Waals surface area contributed by atoms with E-state index in [1.165, 1.54) is 26.1 Å². The van der Waals surface area contributed by atoms with Crippen LogP contribution in [0, 0.1) is 27.7 Å². The highest BCUT2D eigenvalue weighted by Gasteiger charge is 2.45. The highest BCUT2D eigenvalue weighted by Crippen LogP contribution is 2.44. The average Bonchev–Trinajstić information content (AvgIpc) is 2.74. The molecular weight excluding hydrogens is 430 g/mol. The monoisotopic (exact) mass is 459 g/mol. The third-order valence-corrected chi connectivity index (χ3v) is 7.91. The molecule has 0 aromatic heterocycles. The molecule has 1 atom stereocenters. The molecule has 0 radical (unpaired) electrons. The first-order chi connectivity index (χ1) is 14.8. The van der Waals surface area contributed by atoms with E-state index in [1.807, 2.05) is 27.7 Å². The summed E-state index contributed by atoms with van der Waals surface area (Å²) in [4.78, 5) is 24.9. The molecule has 1 unspecified atom stereocenters. The molecule has 1 aliphatic heterocycles. The summed E-state index contributed by atoms with van der Waals surface area (Å²) in [6, 6.07) is 6.36. The summed E-state index contributed by atoms with van der Waals surface area (Å²) in [7, 11) is -2.76. The number of ether oxygens (including phenoxy) is 2. The Bertz CT molecular complexity index is 1200. The average molecular weight is 460 g/mol. The molecule has 1 heterocycles. The number of rotatable bonds is 4. The molecule has 0 saturated carbocycles. The second kappa shape index (κ2) is 8.24. The Kier molecular flexibility index (Phi) is 6.12. The van der Waals surface area contributed by atoms with E-state index in [2.05, 4.69) is 0 Å². The zero-order valence-corrected chi connectivity index (χ0v) is 20.3. The van der Waals surface area contributed by atoms with Crippen molar-refractivity contribution in [2.24, 2.45) is 0 Å². The van der Waals surface area contributed by atoms with Gasteiger partial charge in [0.2, 0.25) is 0 Å². The maximum atomic E-state index is 13.4. The Morgan fingerprint density at radius 3 is 2.19 bits per heavy atom. The summed E-state index contributed by atoms with van der Waals surface area (Å²) in [6.45, 7) is 10.3. The van der Waals surface area contributed by atoms with E-state index in [0.29, 0.717) is 17.9 Å². The van der Waals surface area contributed by atoms with Crippen molar-refractivity contribution < 1.29 is 27.5 Å². The number of hydrogen-bond acceptors (Lipinski definition) is 6. The second-order valence-corrected chi connectivity index (χ2v) is 10.5. The van der Waals surface area contributed by atoms with Crippen molar-refractivity contribution in [2.45, 2.75) is 64.9 Å². The van der Waals surface area contributed by atoms with Gasteiger partial charge in [0.15, 0.2) is 5.60 Å². The van der Waals surface area contributed by atoms with Crippen molar-refractivity contribution in [3.8, 4) is 11.5 Å². The lowest BCUT2D eigenvalue weighted by atomic mass is 9.86. The predicted molar refractivity (Wildman–Crippen MR) is 120 cm³/mol. The quantitative estimate of drug-likeness (QED) is 0.511. The Morgan fingerprint density at radius 1 is 1.03 bits per heavy atom. The molecular formula is C24H29NO6S. The first-order valence-electron chi connectivity index (χ1n) is 10.4. The lowest BCUT2D eigenvalue weighted by Gasteiger charge is -2.38. The molecule has 1 aliphatic rings. The Hall–Kier alpha value is -2.87. The number of esters is 1. The number of carbonyl (C=O) groups is 2. The maximum absolute atomic E-state index is 13.4. The van der Waals surface area contributed by atoms with Gasteiger partial charge in [0, 0.05) is 26.0 Å². The molecule has 7 nitrogen and oxygen atoms in total. The largest absolute Gasteiger partial charge is 0.477 e. The zero-order valence-electron chi connectivity index (χ0n) is 19.5. The molecule has 0 aliphatic carbocycles. The zero-order chi connectivity index (χ0) is 24.0. The van der Waals surface area contributed by atoms with Crippen LogP contribution in [0.4, 0.5) is 0 Å². The summed E-state index contributed by atoms with van der Waals surface area (Å²) in [5.41, 5.74) is 2.71. The van der Waals surface area contributed by atoms with Gasteiger partial charge in [0.25, 0.3) is 15.9 Å². The third kappa shape index (κ3) is 3.99. The second-order valence-electron chi connectivity index (χ2n) is 8.53. The van der Waals surface area contributed by atoms with Crippen LogP contribution in [0.1, 0.15) is 48.1 Å². The smallest absolute Gasteiger partial charge is 0.308 e. The van der Waals surface area contributed by atoms with Crippen LogP contribution in [0.3, 0.4) is 0 Å². The van der Waals surface area contributed by atoms with Gasteiger partial charge in [-0.15, -0.1) is 0 Å². The molecule has 2 aromatic rings. The Balaban J connectivity index is 1.97. The molecule has 1 amide bonds. The van der Waals surface area contributed by atoms with Gasteiger partial charge in [-0.3, -0.25) is 9.59 Å². The lowest BCUT2D eigenvalue weighted by Crippen LogP contribution is -2.53. The maximum Gasteiger partial charge on any atom is 0.308 e. The number of benzene rings is 2. The van der Waals surface area contributed by atoms with Gasteiger partial charge < -0.3 is 9.47 Å². The minimum absolute atomic E-state index is 0.0488. The van der Waals surface area contributed by atoms with Crippen molar-refractivity contribution in [1.29, 1.82) is 0 Å². The highest BCUT2D eigenvalue weighted by molar-refractivity contribution is 7.89. The number of carbonyl (C=O) groups excluding carboxylic acids is 2. The predicted octanol–water partition coefficient (Wildman–Crippen LogP) is 3.78. The minimum Gasteiger partial charge on any atom is -0.477 e. The Morgan fingerprint density at radius 2 is 1.62 bits per heavy atom. The molecule has 3 rings (SSSR count). The SMILES string of the molecule is CC(=O)Oc1c(C)c(C)c2c(c1C)CCC(C)(C(=O)N(C)S(=O)(=O)c1ccc(C)cc1)O2. The summed E-state index contributed by atoms with van der Waals surface area (Å²) < 4.78 is 38.5. The van der Waals surface area contributed by atoms with Crippen molar-refractivity contribution >= 4 is 21.9 Å². The van der Waals surface area contributed by atoms with E-state index >= 15 is 0 Å². The van der Waals surface area contributed by atoms with Crippen molar-refractivity contribution in [3.05, 3.63) is 52.1 Å². The van der Waals surface area contributed by atoms with Crippen LogP contribution in [0.25, 0.3) is 0 Å². The van der Waals surface area contributed by atoms with Crippen LogP contribution in [0.5, 0.6) is 11.5 Å². The fraction of sp³-hybridized carbons (Fsp3) is 0.417. The first kappa shape index (κ1) is 23.8. The number of aryl methyl sites for hydroxylation is 1. The molecule has 0 bridgehead atoms. The normalized spacial score (nSPS) is 17.8. The van der Waals surface area contributed by atoms with E-state index in [9.17, 15) is 18.0 Å². The number of likely N-dealkylation sites (N-methyl/N-ethyl adjacent to an activating group) is 1. The summed E-state index contributed by atoms with van der Waals surface area (Å²) >= 11 is 0. The van der Waals surface area contributed by atoms with Gasteiger partial charge in [-0.1, -0.05) is 17.7 Å². The standard InChI is InChI=1S/C24H29NO6S/c1-14-8-10-19(11-9-14)32(28,29)25(7)23(27)24(6)13-12-20-17(4)21(30-18(5)26)15(2)16(3)22(20)31-24/h8-11H,12-13H2,1-7H3. The molecule has 172 valence electrons. The van der Waals surface area contributed by atoms with Crippen molar-refractivity contribution in [2.75, 3.05) is 7.05 Å². The summed E-state index contributed by atoms with van der Waals surface area (Å²) in [6.07, 6.45) is 0.770. The third-order valence-electron chi connectivity index (χ3n) is 6.15. The molecule has 0 saturated heterocycles. The van der Waals surface area contributed by atoms with Crippen molar-refractivity contribution in [1.82, 2.24) is 4.31 Å². The van der Waals surface area contributed by atoms with Crippen LogP contribution in [-0.2, 0) is 26.0 Å². The van der Waals surface area contributed by atoms with E-state index in [-0.39, 0.29) is 11.3 Å². The fourth-order valence-electron chi connectivity index (χ4n) is 3.99. The summed E-state index contributed by atoms with van der Waals surface area (Å²) in [5.74, 6) is 0.00297. The van der Waals surface area contributed by atoms with Gasteiger partial charge in [-0.25, -0.2) is 12.7 Å². The Labute approximate surface area is 189 Å². The van der Waals surface area contributed by atoms with Gasteiger partial charge in [-0.2, -0.15) is 0 Å². The van der Waals surface area contributed by atoms with Gasteiger partial charge in [0.1, 0.15) is 11.5 Å². The molecule has 0 fully saturated rings. The first-order valence-corrected chi connectivity index (χ1v) is 11.8. The number of amides is 1. The van der Waals surface area contributed by atoms with Crippen LogP contribution < -0.4 is 9.47 Å². The lowest BCUT2D eigenvalue weighted by molar-refractivity contribution is -0.142. The molecule has 32 heavy (non-hydrogen) atoms. The van der Waals surface area contributed by atoms with E-state index < -0.39 is 27.5 Å². The minimum atomic E-state index is -4.02. The highest BCUT2D eigenvalue weighted by atomic mass is 32.2. The van der Waals surface area contributed by atoms with Crippen molar-refractivity contribution in [3.63, 3.8) is 0 Å². The van der Waals surface area contributed by atoms with Crippen LogP contribution in [-0.4, -0.2) is 37.2 Å². The van der Waals surface area contributed by atoms with Crippen LogP contribution in [0.2, 0.25) is 0 Å². The number of hydrogen-bond donors (Lipinski definition) is 0. The van der Waals surface area contributed by atoms with Crippen LogP contribution in [0.15, 0.2) is 29.2 Å². The molecule has 0 spiro atoms. The molecule has 2 aromatic carbocycles. The van der Waals surface area contributed by atoms with Gasteiger partial charge in [0.05, 0.1) is 4.90 Å². The van der Waals surface area contributed by atoms with E-state index in [0.717, 1.165) is 32.1 Å². The van der Waals surface area contributed by atoms with E-state index in [1.54, 1.807) is 19.1 Å². The number of fused-ring (bicyclic) bond motifs is 1. The van der Waals surface area contributed by atoms with Gasteiger partial charge >= 0.3 is 5.97 Å². The fourth-order valence-corrected chi connectivity index (χ4v) is 5.20. The van der Waals surface area contributed by atoms with E-state index in [4.69, 9.17) is 9.47 Å². The molecule has 0 N–H and O–H groups in total.